The van der Waals surface area contributed by atoms with Gasteiger partial charge in [-0.1, -0.05) is 24.4 Å². The molecule has 1 fully saturated rings. The summed E-state index contributed by atoms with van der Waals surface area (Å²) in [5, 5.41) is 20.1. The van der Waals surface area contributed by atoms with Gasteiger partial charge in [-0.3, -0.25) is 4.79 Å². The lowest BCUT2D eigenvalue weighted by atomic mass is 9.72. The molecule has 2 heterocycles. The third kappa shape index (κ3) is 2.24. The number of amidine groups is 1. The fourth-order valence-corrected chi connectivity index (χ4v) is 3.37. The number of hydrogen-bond donors (Lipinski definition) is 2. The van der Waals surface area contributed by atoms with Gasteiger partial charge in [-0.2, -0.15) is 0 Å². The van der Waals surface area contributed by atoms with Crippen LogP contribution < -0.4 is 5.73 Å². The summed E-state index contributed by atoms with van der Waals surface area (Å²) in [5.74, 6) is 0.769. The zero-order valence-electron chi connectivity index (χ0n) is 11.9. The summed E-state index contributed by atoms with van der Waals surface area (Å²) in [4.78, 5) is 14.8. The van der Waals surface area contributed by atoms with Crippen LogP contribution in [0.1, 0.15) is 37.9 Å². The second-order valence-electron chi connectivity index (χ2n) is 5.80. The Kier molecular flexibility index (Phi) is 3.52. The minimum atomic E-state index is -0.852. The Morgan fingerprint density at radius 3 is 2.81 bits per heavy atom. The topological polar surface area (TPSA) is 110 Å². The summed E-state index contributed by atoms with van der Waals surface area (Å²) < 4.78 is 1.95. The van der Waals surface area contributed by atoms with E-state index in [-0.39, 0.29) is 11.7 Å². The van der Waals surface area contributed by atoms with Crippen molar-refractivity contribution in [3.63, 3.8) is 0 Å². The molecular weight excluding hydrogens is 272 g/mol. The zero-order valence-corrected chi connectivity index (χ0v) is 11.9. The molecule has 3 rings (SSSR count). The molecule has 1 aromatic rings. The Morgan fingerprint density at radius 1 is 1.33 bits per heavy atom. The lowest BCUT2D eigenvalue weighted by Gasteiger charge is -2.39. The molecule has 1 aliphatic heterocycles. The van der Waals surface area contributed by atoms with Gasteiger partial charge in [0.15, 0.2) is 11.7 Å². The second-order valence-corrected chi connectivity index (χ2v) is 5.80. The van der Waals surface area contributed by atoms with Crippen LogP contribution in [0.5, 0.6) is 0 Å². The van der Waals surface area contributed by atoms with Gasteiger partial charge in [0.25, 0.3) is 0 Å². The van der Waals surface area contributed by atoms with E-state index in [1.165, 1.54) is 0 Å². The van der Waals surface area contributed by atoms with Crippen molar-refractivity contribution >= 4 is 11.7 Å². The van der Waals surface area contributed by atoms with Crippen molar-refractivity contribution in [3.8, 4) is 0 Å². The first-order valence-corrected chi connectivity index (χ1v) is 7.31. The maximum atomic E-state index is 13.0. The van der Waals surface area contributed by atoms with E-state index in [2.05, 4.69) is 15.4 Å². The van der Waals surface area contributed by atoms with Crippen LogP contribution in [0.15, 0.2) is 11.5 Å². The van der Waals surface area contributed by atoms with Crippen LogP contribution in [-0.4, -0.2) is 43.2 Å². The maximum Gasteiger partial charge on any atom is 0.236 e. The van der Waals surface area contributed by atoms with Crippen LogP contribution >= 0.6 is 0 Å². The van der Waals surface area contributed by atoms with Crippen molar-refractivity contribution < 1.29 is 10.0 Å². The molecule has 1 saturated carbocycles. The highest BCUT2D eigenvalue weighted by molar-refractivity contribution is 6.06. The molecule has 1 aromatic heterocycles. The highest BCUT2D eigenvalue weighted by Crippen LogP contribution is 2.39. The van der Waals surface area contributed by atoms with E-state index < -0.39 is 5.41 Å². The number of fused-ring (bicyclic) bond motifs is 1. The molecule has 114 valence electrons. The number of rotatable bonds is 2. The summed E-state index contributed by atoms with van der Waals surface area (Å²) in [6.45, 7) is 1.71. The number of aromatic nitrogens is 3. The quantitative estimate of drug-likeness (QED) is 0.353. The average molecular weight is 292 g/mol. The molecule has 3 N–H and O–H groups in total. The number of carbonyl (C=O) groups excluding carboxylic acids is 1. The number of oxime groups is 1. The summed E-state index contributed by atoms with van der Waals surface area (Å²) in [6.07, 6.45) is 5.90. The third-order valence-electron chi connectivity index (χ3n) is 4.64. The van der Waals surface area contributed by atoms with Gasteiger partial charge in [-0.15, -0.1) is 10.2 Å². The molecule has 0 saturated heterocycles. The standard InChI is InChI=1S/C13H20N6O2/c14-11(17-21)13(4-2-1-3-5-13)12(20)18-6-7-19-9-15-16-10(19)8-18/h9,21H,1-8H2,(H2,14,17). The van der Waals surface area contributed by atoms with Crippen molar-refractivity contribution in [2.75, 3.05) is 6.54 Å². The fraction of sp³-hybridized carbons (Fsp3) is 0.692. The number of nitrogens with zero attached hydrogens (tertiary/aromatic N) is 5. The van der Waals surface area contributed by atoms with E-state index >= 15 is 0 Å². The van der Waals surface area contributed by atoms with E-state index in [1.54, 1.807) is 11.2 Å². The first-order valence-electron chi connectivity index (χ1n) is 7.31. The van der Waals surface area contributed by atoms with Crippen molar-refractivity contribution in [1.82, 2.24) is 19.7 Å². The molecule has 0 aromatic carbocycles. The average Bonchev–Trinajstić information content (AvgIpc) is 3.01. The van der Waals surface area contributed by atoms with Crippen LogP contribution in [0.25, 0.3) is 0 Å². The Morgan fingerprint density at radius 2 is 2.10 bits per heavy atom. The number of amides is 1. The molecule has 0 atom stereocenters. The minimum absolute atomic E-state index is 0.0410. The van der Waals surface area contributed by atoms with E-state index in [0.717, 1.165) is 25.1 Å². The summed E-state index contributed by atoms with van der Waals surface area (Å²) in [7, 11) is 0. The van der Waals surface area contributed by atoms with Crippen molar-refractivity contribution in [1.29, 1.82) is 0 Å². The molecule has 0 spiro atoms. The van der Waals surface area contributed by atoms with Crippen molar-refractivity contribution in [3.05, 3.63) is 12.2 Å². The highest BCUT2D eigenvalue weighted by Gasteiger charge is 2.46. The molecule has 1 aliphatic carbocycles. The van der Waals surface area contributed by atoms with Crippen molar-refractivity contribution in [2.45, 2.75) is 45.2 Å². The lowest BCUT2D eigenvalue weighted by Crippen LogP contribution is -2.53. The van der Waals surface area contributed by atoms with E-state index in [4.69, 9.17) is 10.9 Å². The monoisotopic (exact) mass is 292 g/mol. The Hall–Kier alpha value is -2.12. The van der Waals surface area contributed by atoms with Gasteiger partial charge in [0.2, 0.25) is 5.91 Å². The largest absolute Gasteiger partial charge is 0.409 e. The first kappa shape index (κ1) is 13.8. The van der Waals surface area contributed by atoms with Crippen LogP contribution in [0.3, 0.4) is 0 Å². The molecular formula is C13H20N6O2. The van der Waals surface area contributed by atoms with Gasteiger partial charge >= 0.3 is 0 Å². The predicted molar refractivity (Wildman–Crippen MR) is 74.4 cm³/mol. The van der Waals surface area contributed by atoms with Gasteiger partial charge in [-0.05, 0) is 12.8 Å². The molecule has 8 nitrogen and oxygen atoms in total. The first-order chi connectivity index (χ1) is 10.2. The molecule has 21 heavy (non-hydrogen) atoms. The number of hydrogen-bond acceptors (Lipinski definition) is 5. The van der Waals surface area contributed by atoms with Gasteiger partial charge < -0.3 is 20.4 Å². The van der Waals surface area contributed by atoms with Gasteiger partial charge in [-0.25, -0.2) is 0 Å². The summed E-state index contributed by atoms with van der Waals surface area (Å²) in [6, 6.07) is 0. The molecule has 2 aliphatic rings. The van der Waals surface area contributed by atoms with Gasteiger partial charge in [0.05, 0.1) is 6.54 Å². The number of nitrogens with two attached hydrogens (primary N) is 1. The number of carbonyl (C=O) groups is 1. The summed E-state index contributed by atoms with van der Waals surface area (Å²) in [5.41, 5.74) is 5.03. The van der Waals surface area contributed by atoms with Crippen LogP contribution in [0.4, 0.5) is 0 Å². The van der Waals surface area contributed by atoms with Crippen LogP contribution in [0.2, 0.25) is 0 Å². The van der Waals surface area contributed by atoms with Crippen LogP contribution in [0, 0.1) is 5.41 Å². The van der Waals surface area contributed by atoms with E-state index in [9.17, 15) is 4.79 Å². The Balaban J connectivity index is 1.85. The van der Waals surface area contributed by atoms with Gasteiger partial charge in [0, 0.05) is 13.1 Å². The Labute approximate surface area is 122 Å². The maximum absolute atomic E-state index is 13.0. The smallest absolute Gasteiger partial charge is 0.236 e. The Bertz CT molecular complexity index is 561. The van der Waals surface area contributed by atoms with E-state index in [1.807, 2.05) is 4.57 Å². The second kappa shape index (κ2) is 5.34. The fourth-order valence-electron chi connectivity index (χ4n) is 3.37. The molecule has 8 heteroatoms. The molecule has 0 unspecified atom stereocenters. The van der Waals surface area contributed by atoms with Crippen molar-refractivity contribution in [2.24, 2.45) is 16.3 Å². The third-order valence-corrected chi connectivity index (χ3v) is 4.64. The lowest BCUT2D eigenvalue weighted by molar-refractivity contribution is -0.141. The molecule has 1 amide bonds. The van der Waals surface area contributed by atoms with Gasteiger partial charge in [0.1, 0.15) is 11.7 Å². The molecule has 0 bridgehead atoms. The predicted octanol–water partition coefficient (Wildman–Crippen LogP) is 0.317. The zero-order chi connectivity index (χ0) is 14.9. The van der Waals surface area contributed by atoms with E-state index in [0.29, 0.717) is 32.5 Å². The highest BCUT2D eigenvalue weighted by atomic mass is 16.4. The minimum Gasteiger partial charge on any atom is -0.409 e. The summed E-state index contributed by atoms with van der Waals surface area (Å²) >= 11 is 0. The normalized spacial score (nSPS) is 21.9. The SMILES string of the molecule is NC(=NO)C1(C(=O)N2CCn3cnnc3C2)CCCCC1. The van der Waals surface area contributed by atoms with Crippen LogP contribution in [-0.2, 0) is 17.9 Å². The molecule has 0 radical (unpaired) electrons.